The van der Waals surface area contributed by atoms with Gasteiger partial charge in [-0.25, -0.2) is 4.98 Å². The molecule has 1 aromatic rings. The van der Waals surface area contributed by atoms with Crippen molar-refractivity contribution in [3.05, 3.63) is 16.1 Å². The minimum absolute atomic E-state index is 0.585. The van der Waals surface area contributed by atoms with Gasteiger partial charge in [0.2, 0.25) is 0 Å². The highest BCUT2D eigenvalue weighted by Gasteiger charge is 2.11. The van der Waals surface area contributed by atoms with E-state index in [2.05, 4.69) is 29.5 Å². The second-order valence-corrected chi connectivity index (χ2v) is 4.13. The maximum absolute atomic E-state index is 4.60. The Morgan fingerprint density at radius 2 is 2.31 bits per heavy atom. The molecule has 74 valence electrons. The molecule has 1 N–H and O–H groups in total. The van der Waals surface area contributed by atoms with E-state index in [1.54, 1.807) is 11.3 Å². The number of hydrogen-bond donors (Lipinski definition) is 1. The molecule has 0 aromatic carbocycles. The summed E-state index contributed by atoms with van der Waals surface area (Å²) in [6.07, 6.45) is 2.22. The molecule has 0 spiro atoms. The molecule has 1 unspecified atom stereocenters. The lowest BCUT2D eigenvalue weighted by atomic mass is 10.0. The maximum atomic E-state index is 4.60. The van der Waals surface area contributed by atoms with Gasteiger partial charge in [0.1, 0.15) is 0 Å². The van der Waals surface area contributed by atoms with E-state index in [1.165, 1.54) is 10.7 Å². The molecule has 1 atom stereocenters. The fourth-order valence-corrected chi connectivity index (χ4v) is 2.21. The molecule has 1 aromatic heterocycles. The zero-order valence-corrected chi connectivity index (χ0v) is 9.45. The molecular formula is C10H18N2S. The second kappa shape index (κ2) is 5.35. The molecule has 0 fully saturated rings. The minimum atomic E-state index is 0.585. The predicted octanol–water partition coefficient (Wildman–Crippen LogP) is 2.42. The van der Waals surface area contributed by atoms with Crippen molar-refractivity contribution in [3.63, 3.8) is 0 Å². The minimum Gasteiger partial charge on any atom is -0.319 e. The monoisotopic (exact) mass is 198 g/mol. The largest absolute Gasteiger partial charge is 0.319 e. The second-order valence-electron chi connectivity index (χ2n) is 3.18. The Labute approximate surface area is 84.4 Å². The molecule has 1 heterocycles. The first kappa shape index (κ1) is 10.7. The van der Waals surface area contributed by atoms with Gasteiger partial charge >= 0.3 is 0 Å². The van der Waals surface area contributed by atoms with Crippen molar-refractivity contribution >= 4 is 11.3 Å². The first-order valence-electron chi connectivity index (χ1n) is 4.90. The average molecular weight is 198 g/mol. The van der Waals surface area contributed by atoms with Crippen molar-refractivity contribution in [1.29, 1.82) is 0 Å². The van der Waals surface area contributed by atoms with E-state index < -0.39 is 0 Å². The van der Waals surface area contributed by atoms with Crippen LogP contribution in [0.15, 0.2) is 5.38 Å². The number of likely N-dealkylation sites (N-methyl/N-ethyl adjacent to an activating group) is 1. The van der Waals surface area contributed by atoms with Crippen molar-refractivity contribution in [2.45, 2.75) is 32.6 Å². The topological polar surface area (TPSA) is 24.9 Å². The zero-order chi connectivity index (χ0) is 9.68. The maximum Gasteiger partial charge on any atom is 0.0925 e. The standard InChI is InChI=1S/C10H18N2S/c1-4-8(6-11-3)9-7-13-10(5-2)12-9/h7-8,11H,4-6H2,1-3H3. The summed E-state index contributed by atoms with van der Waals surface area (Å²) in [7, 11) is 2.00. The first-order chi connectivity index (χ1) is 6.31. The molecule has 0 radical (unpaired) electrons. The molecule has 1 rings (SSSR count). The molecule has 0 aliphatic rings. The normalized spacial score (nSPS) is 13.2. The number of hydrogen-bond acceptors (Lipinski definition) is 3. The summed E-state index contributed by atoms with van der Waals surface area (Å²) in [4.78, 5) is 4.60. The highest BCUT2D eigenvalue weighted by atomic mass is 32.1. The van der Waals surface area contributed by atoms with Crippen molar-refractivity contribution in [2.24, 2.45) is 0 Å². The molecule has 0 bridgehead atoms. The highest BCUT2D eigenvalue weighted by molar-refractivity contribution is 7.09. The molecule has 13 heavy (non-hydrogen) atoms. The molecule has 0 saturated carbocycles. The van der Waals surface area contributed by atoms with E-state index in [0.29, 0.717) is 5.92 Å². The Bertz CT molecular complexity index is 245. The van der Waals surface area contributed by atoms with E-state index in [-0.39, 0.29) is 0 Å². The lowest BCUT2D eigenvalue weighted by molar-refractivity contribution is 0.599. The van der Waals surface area contributed by atoms with Crippen LogP contribution >= 0.6 is 11.3 Å². The number of thiazole rings is 1. The smallest absolute Gasteiger partial charge is 0.0925 e. The van der Waals surface area contributed by atoms with Gasteiger partial charge in [-0.2, -0.15) is 0 Å². The van der Waals surface area contributed by atoms with Crippen molar-refractivity contribution in [3.8, 4) is 0 Å². The number of nitrogens with one attached hydrogen (secondary N) is 1. The molecule has 0 amide bonds. The van der Waals surface area contributed by atoms with Gasteiger partial charge in [-0.3, -0.25) is 0 Å². The Balaban J connectivity index is 2.67. The quantitative estimate of drug-likeness (QED) is 0.786. The van der Waals surface area contributed by atoms with Crippen LogP contribution in [0.2, 0.25) is 0 Å². The summed E-state index contributed by atoms with van der Waals surface area (Å²) in [6.45, 7) is 5.40. The fraction of sp³-hybridized carbons (Fsp3) is 0.700. The summed E-state index contributed by atoms with van der Waals surface area (Å²) in [6, 6.07) is 0. The summed E-state index contributed by atoms with van der Waals surface area (Å²) < 4.78 is 0. The third-order valence-corrected chi connectivity index (χ3v) is 3.24. The summed E-state index contributed by atoms with van der Waals surface area (Å²) in [5.41, 5.74) is 1.26. The lowest BCUT2D eigenvalue weighted by Gasteiger charge is -2.10. The average Bonchev–Trinajstić information content (AvgIpc) is 2.62. The molecule has 2 nitrogen and oxygen atoms in total. The summed E-state index contributed by atoms with van der Waals surface area (Å²) in [5.74, 6) is 0.585. The van der Waals surface area contributed by atoms with Crippen LogP contribution in [-0.4, -0.2) is 18.6 Å². The van der Waals surface area contributed by atoms with Crippen molar-refractivity contribution in [2.75, 3.05) is 13.6 Å². The van der Waals surface area contributed by atoms with Gasteiger partial charge in [0.15, 0.2) is 0 Å². The fourth-order valence-electron chi connectivity index (χ4n) is 1.38. The SMILES string of the molecule is CCc1nc(C(CC)CNC)cs1. The number of aryl methyl sites for hydroxylation is 1. The van der Waals surface area contributed by atoms with Gasteiger partial charge in [-0.1, -0.05) is 13.8 Å². The Kier molecular flexibility index (Phi) is 4.39. The highest BCUT2D eigenvalue weighted by Crippen LogP contribution is 2.21. The predicted molar refractivity (Wildman–Crippen MR) is 58.5 cm³/mol. The van der Waals surface area contributed by atoms with Crippen LogP contribution in [0.5, 0.6) is 0 Å². The van der Waals surface area contributed by atoms with Gasteiger partial charge in [-0.15, -0.1) is 11.3 Å². The molecule has 0 aliphatic heterocycles. The third-order valence-electron chi connectivity index (χ3n) is 2.23. The summed E-state index contributed by atoms with van der Waals surface area (Å²) >= 11 is 1.78. The molecular weight excluding hydrogens is 180 g/mol. The molecule has 0 saturated heterocycles. The van der Waals surface area contributed by atoms with Gasteiger partial charge in [0.05, 0.1) is 10.7 Å². The van der Waals surface area contributed by atoms with Gasteiger partial charge in [0.25, 0.3) is 0 Å². The lowest BCUT2D eigenvalue weighted by Crippen LogP contribution is -2.16. The van der Waals surface area contributed by atoms with Crippen molar-refractivity contribution < 1.29 is 0 Å². The van der Waals surface area contributed by atoms with Crippen LogP contribution in [0.25, 0.3) is 0 Å². The van der Waals surface area contributed by atoms with E-state index >= 15 is 0 Å². The van der Waals surface area contributed by atoms with Gasteiger partial charge in [-0.05, 0) is 19.9 Å². The van der Waals surface area contributed by atoms with Crippen LogP contribution in [0.4, 0.5) is 0 Å². The number of nitrogens with zero attached hydrogens (tertiary/aromatic N) is 1. The summed E-state index contributed by atoms with van der Waals surface area (Å²) in [5, 5.41) is 6.66. The number of rotatable bonds is 5. The number of aromatic nitrogens is 1. The Morgan fingerprint density at radius 1 is 1.54 bits per heavy atom. The van der Waals surface area contributed by atoms with Crippen LogP contribution in [0.3, 0.4) is 0 Å². The Morgan fingerprint density at radius 3 is 2.77 bits per heavy atom. The van der Waals surface area contributed by atoms with E-state index in [0.717, 1.165) is 19.4 Å². The van der Waals surface area contributed by atoms with E-state index in [4.69, 9.17) is 0 Å². The van der Waals surface area contributed by atoms with Crippen LogP contribution in [0, 0.1) is 0 Å². The van der Waals surface area contributed by atoms with E-state index in [9.17, 15) is 0 Å². The third kappa shape index (κ3) is 2.78. The van der Waals surface area contributed by atoms with Crippen molar-refractivity contribution in [1.82, 2.24) is 10.3 Å². The van der Waals surface area contributed by atoms with Gasteiger partial charge < -0.3 is 5.32 Å². The molecule has 0 aliphatic carbocycles. The molecule has 3 heteroatoms. The van der Waals surface area contributed by atoms with Crippen LogP contribution < -0.4 is 5.32 Å². The van der Waals surface area contributed by atoms with Crippen LogP contribution in [0.1, 0.15) is 36.9 Å². The first-order valence-corrected chi connectivity index (χ1v) is 5.78. The zero-order valence-electron chi connectivity index (χ0n) is 8.63. The Hall–Kier alpha value is -0.410. The van der Waals surface area contributed by atoms with E-state index in [1.807, 2.05) is 7.05 Å². The van der Waals surface area contributed by atoms with Crippen LogP contribution in [-0.2, 0) is 6.42 Å². The van der Waals surface area contributed by atoms with Gasteiger partial charge in [0, 0.05) is 17.8 Å².